The predicted octanol–water partition coefficient (Wildman–Crippen LogP) is 1.87. The summed E-state index contributed by atoms with van der Waals surface area (Å²) < 4.78 is 2.03. The van der Waals surface area contributed by atoms with E-state index in [1.807, 2.05) is 4.57 Å². The number of hydrogen-bond acceptors (Lipinski definition) is 3. The van der Waals surface area contributed by atoms with Crippen LogP contribution in [0.4, 0.5) is 0 Å². The van der Waals surface area contributed by atoms with E-state index in [1.165, 1.54) is 12.8 Å². The van der Waals surface area contributed by atoms with Crippen LogP contribution >= 0.6 is 0 Å². The molecule has 16 heavy (non-hydrogen) atoms. The zero-order valence-corrected chi connectivity index (χ0v) is 9.25. The molecule has 0 saturated heterocycles. The van der Waals surface area contributed by atoms with E-state index in [-0.39, 0.29) is 6.42 Å². The van der Waals surface area contributed by atoms with Gasteiger partial charge in [0, 0.05) is 12.5 Å². The van der Waals surface area contributed by atoms with E-state index in [0.717, 1.165) is 19.3 Å². The topological polar surface area (TPSA) is 68.0 Å². The summed E-state index contributed by atoms with van der Waals surface area (Å²) in [6.45, 7) is 0. The lowest BCUT2D eigenvalue weighted by Crippen LogP contribution is -2.23. The number of carboxylic acids is 1. The number of aromatic nitrogens is 3. The van der Waals surface area contributed by atoms with Gasteiger partial charge in [0.25, 0.3) is 0 Å². The third-order valence-corrected chi connectivity index (χ3v) is 3.42. The van der Waals surface area contributed by atoms with Crippen molar-refractivity contribution in [1.82, 2.24) is 14.8 Å². The van der Waals surface area contributed by atoms with Crippen LogP contribution < -0.4 is 0 Å². The molecule has 2 rings (SSSR count). The van der Waals surface area contributed by atoms with Crippen LogP contribution in [0.1, 0.15) is 44.6 Å². The van der Waals surface area contributed by atoms with Crippen LogP contribution in [0, 0.1) is 5.92 Å². The van der Waals surface area contributed by atoms with Crippen molar-refractivity contribution < 1.29 is 9.90 Å². The Hall–Kier alpha value is -1.39. The van der Waals surface area contributed by atoms with Crippen molar-refractivity contribution in [1.29, 1.82) is 0 Å². The Morgan fingerprint density at radius 1 is 1.31 bits per heavy atom. The van der Waals surface area contributed by atoms with Gasteiger partial charge in [-0.15, -0.1) is 10.2 Å². The first-order chi connectivity index (χ1) is 7.77. The van der Waals surface area contributed by atoms with Crippen molar-refractivity contribution in [3.8, 4) is 0 Å². The number of rotatable bonds is 4. The number of carbonyl (C=O) groups is 1. The van der Waals surface area contributed by atoms with Crippen LogP contribution in [-0.2, 0) is 4.79 Å². The molecule has 0 spiro atoms. The summed E-state index contributed by atoms with van der Waals surface area (Å²) in [4.78, 5) is 10.6. The molecule has 88 valence electrons. The lowest BCUT2D eigenvalue weighted by atomic mass is 9.81. The molecule has 0 aromatic carbocycles. The first-order valence-electron chi connectivity index (χ1n) is 5.83. The van der Waals surface area contributed by atoms with E-state index in [2.05, 4.69) is 10.2 Å². The smallest absolute Gasteiger partial charge is 0.303 e. The van der Waals surface area contributed by atoms with Crippen molar-refractivity contribution in [2.24, 2.45) is 5.92 Å². The van der Waals surface area contributed by atoms with Crippen LogP contribution in [0.25, 0.3) is 0 Å². The average molecular weight is 223 g/mol. The summed E-state index contributed by atoms with van der Waals surface area (Å²) in [5, 5.41) is 16.4. The summed E-state index contributed by atoms with van der Waals surface area (Å²) in [7, 11) is 0. The molecule has 0 amide bonds. The SMILES string of the molecule is O=C(O)CCC1CCCCC1n1cnnc1. The number of hydrogen-bond donors (Lipinski definition) is 1. The molecule has 2 atom stereocenters. The highest BCUT2D eigenvalue weighted by Gasteiger charge is 2.26. The normalized spacial score (nSPS) is 25.5. The van der Waals surface area contributed by atoms with Gasteiger partial charge in [-0.1, -0.05) is 12.8 Å². The van der Waals surface area contributed by atoms with E-state index in [1.54, 1.807) is 12.7 Å². The maximum Gasteiger partial charge on any atom is 0.303 e. The summed E-state index contributed by atoms with van der Waals surface area (Å²) in [6.07, 6.45) is 9.17. The standard InChI is InChI=1S/C11H17N3O2/c15-11(16)6-5-9-3-1-2-4-10(9)14-7-12-13-8-14/h7-10H,1-6H2,(H,15,16). The van der Waals surface area contributed by atoms with Crippen molar-refractivity contribution >= 4 is 5.97 Å². The quantitative estimate of drug-likeness (QED) is 0.846. The molecule has 1 saturated carbocycles. The van der Waals surface area contributed by atoms with Gasteiger partial charge in [-0.05, 0) is 25.2 Å². The second-order valence-corrected chi connectivity index (χ2v) is 4.45. The van der Waals surface area contributed by atoms with Gasteiger partial charge in [0.05, 0.1) is 0 Å². The lowest BCUT2D eigenvalue weighted by Gasteiger charge is -2.31. The molecule has 0 aliphatic heterocycles. The molecule has 1 aliphatic carbocycles. The summed E-state index contributed by atoms with van der Waals surface area (Å²) in [6, 6.07) is 0.392. The first-order valence-corrected chi connectivity index (χ1v) is 5.83. The summed E-state index contributed by atoms with van der Waals surface area (Å²) in [5.41, 5.74) is 0. The largest absolute Gasteiger partial charge is 0.481 e. The molecule has 0 bridgehead atoms. The Morgan fingerprint density at radius 2 is 2.00 bits per heavy atom. The highest BCUT2D eigenvalue weighted by Crippen LogP contribution is 2.36. The first kappa shape index (κ1) is 11.1. The van der Waals surface area contributed by atoms with Gasteiger partial charge >= 0.3 is 5.97 Å². The Balaban J connectivity index is 2.00. The molecule has 1 aromatic heterocycles. The second-order valence-electron chi connectivity index (χ2n) is 4.45. The zero-order valence-electron chi connectivity index (χ0n) is 9.25. The third kappa shape index (κ3) is 2.59. The lowest BCUT2D eigenvalue weighted by molar-refractivity contribution is -0.137. The molecule has 1 aromatic rings. The molecule has 5 nitrogen and oxygen atoms in total. The van der Waals surface area contributed by atoms with Crippen LogP contribution in [0.15, 0.2) is 12.7 Å². The highest BCUT2D eigenvalue weighted by molar-refractivity contribution is 5.66. The van der Waals surface area contributed by atoms with Gasteiger partial charge in [0.15, 0.2) is 0 Å². The van der Waals surface area contributed by atoms with E-state index in [0.29, 0.717) is 12.0 Å². The zero-order chi connectivity index (χ0) is 11.4. The predicted molar refractivity (Wildman–Crippen MR) is 57.9 cm³/mol. The Kier molecular flexibility index (Phi) is 3.54. The maximum absolute atomic E-state index is 10.6. The Labute approximate surface area is 94.5 Å². The third-order valence-electron chi connectivity index (χ3n) is 3.42. The number of nitrogens with zero attached hydrogens (tertiary/aromatic N) is 3. The fourth-order valence-corrected chi connectivity index (χ4v) is 2.61. The van der Waals surface area contributed by atoms with Gasteiger partial charge in [-0.2, -0.15) is 0 Å². The molecule has 5 heteroatoms. The Bertz CT molecular complexity index is 337. The van der Waals surface area contributed by atoms with E-state index in [9.17, 15) is 4.79 Å². The van der Waals surface area contributed by atoms with Crippen molar-refractivity contribution in [2.75, 3.05) is 0 Å². The fraction of sp³-hybridized carbons (Fsp3) is 0.727. The number of aliphatic carboxylic acids is 1. The van der Waals surface area contributed by atoms with Crippen molar-refractivity contribution in [3.63, 3.8) is 0 Å². The molecular formula is C11H17N3O2. The van der Waals surface area contributed by atoms with Crippen LogP contribution in [0.2, 0.25) is 0 Å². The fourth-order valence-electron chi connectivity index (χ4n) is 2.61. The van der Waals surface area contributed by atoms with Crippen molar-refractivity contribution in [3.05, 3.63) is 12.7 Å². The second kappa shape index (κ2) is 5.09. The average Bonchev–Trinajstić information content (AvgIpc) is 2.80. The summed E-state index contributed by atoms with van der Waals surface area (Å²) >= 11 is 0. The molecule has 2 unspecified atom stereocenters. The molecular weight excluding hydrogens is 206 g/mol. The molecule has 1 aliphatic rings. The maximum atomic E-state index is 10.6. The van der Waals surface area contributed by atoms with E-state index in [4.69, 9.17) is 5.11 Å². The highest BCUT2D eigenvalue weighted by atomic mass is 16.4. The van der Waals surface area contributed by atoms with Gasteiger partial charge in [0.1, 0.15) is 12.7 Å². The minimum absolute atomic E-state index is 0.267. The van der Waals surface area contributed by atoms with Crippen LogP contribution in [0.3, 0.4) is 0 Å². The molecule has 0 radical (unpaired) electrons. The van der Waals surface area contributed by atoms with Gasteiger partial charge in [-0.25, -0.2) is 0 Å². The van der Waals surface area contributed by atoms with Gasteiger partial charge in [-0.3, -0.25) is 4.79 Å². The molecule has 1 heterocycles. The van der Waals surface area contributed by atoms with Gasteiger partial charge < -0.3 is 9.67 Å². The number of carboxylic acid groups (broad SMARTS) is 1. The van der Waals surface area contributed by atoms with Crippen molar-refractivity contribution in [2.45, 2.75) is 44.6 Å². The molecule has 1 N–H and O–H groups in total. The minimum atomic E-state index is -0.701. The summed E-state index contributed by atoms with van der Waals surface area (Å²) in [5.74, 6) is -0.242. The van der Waals surface area contributed by atoms with Gasteiger partial charge in [0.2, 0.25) is 0 Å². The minimum Gasteiger partial charge on any atom is -0.481 e. The van der Waals surface area contributed by atoms with Crippen LogP contribution in [0.5, 0.6) is 0 Å². The van der Waals surface area contributed by atoms with Crippen LogP contribution in [-0.4, -0.2) is 25.8 Å². The van der Waals surface area contributed by atoms with E-state index >= 15 is 0 Å². The Morgan fingerprint density at radius 3 is 2.69 bits per heavy atom. The van der Waals surface area contributed by atoms with E-state index < -0.39 is 5.97 Å². The monoisotopic (exact) mass is 223 g/mol. The molecule has 1 fully saturated rings.